The summed E-state index contributed by atoms with van der Waals surface area (Å²) in [5, 5.41) is 6.99. The topological polar surface area (TPSA) is 44.4 Å². The third kappa shape index (κ3) is 4.36. The standard InChI is InChI=1S/C14H27N3OS/c1-11(2)13(16-12-3-5-15-6-4-12)14(18)17-7-9-19-10-8-17/h11-13,15-16H,3-10H2,1-2H3/t13-/m0/s1. The van der Waals surface area contributed by atoms with Crippen molar-refractivity contribution in [2.24, 2.45) is 5.92 Å². The van der Waals surface area contributed by atoms with Crippen molar-refractivity contribution in [2.45, 2.75) is 38.8 Å². The molecule has 2 aliphatic rings. The monoisotopic (exact) mass is 285 g/mol. The van der Waals surface area contributed by atoms with Gasteiger partial charge in [0.1, 0.15) is 0 Å². The van der Waals surface area contributed by atoms with Crippen LogP contribution in [-0.2, 0) is 4.79 Å². The van der Waals surface area contributed by atoms with Crippen molar-refractivity contribution in [3.8, 4) is 0 Å². The van der Waals surface area contributed by atoms with Crippen molar-refractivity contribution in [3.05, 3.63) is 0 Å². The number of thioether (sulfide) groups is 1. The fourth-order valence-electron chi connectivity index (χ4n) is 2.77. The normalized spacial score (nSPS) is 23.6. The summed E-state index contributed by atoms with van der Waals surface area (Å²) >= 11 is 1.95. The smallest absolute Gasteiger partial charge is 0.240 e. The molecule has 0 bridgehead atoms. The Morgan fingerprint density at radius 1 is 1.26 bits per heavy atom. The van der Waals surface area contributed by atoms with Crippen molar-refractivity contribution in [1.29, 1.82) is 0 Å². The molecule has 2 fully saturated rings. The van der Waals surface area contributed by atoms with Crippen molar-refractivity contribution in [1.82, 2.24) is 15.5 Å². The van der Waals surface area contributed by atoms with E-state index in [9.17, 15) is 4.79 Å². The van der Waals surface area contributed by atoms with E-state index in [1.165, 1.54) is 0 Å². The van der Waals surface area contributed by atoms with Gasteiger partial charge in [-0.15, -0.1) is 0 Å². The summed E-state index contributed by atoms with van der Waals surface area (Å²) in [6, 6.07) is 0.489. The molecule has 0 radical (unpaired) electrons. The minimum Gasteiger partial charge on any atom is -0.340 e. The lowest BCUT2D eigenvalue weighted by atomic mass is 9.98. The molecule has 0 saturated carbocycles. The van der Waals surface area contributed by atoms with Crippen LogP contribution in [0.2, 0.25) is 0 Å². The van der Waals surface area contributed by atoms with Gasteiger partial charge in [-0.1, -0.05) is 13.8 Å². The molecule has 1 amide bonds. The van der Waals surface area contributed by atoms with Crippen molar-refractivity contribution in [2.75, 3.05) is 37.7 Å². The first-order valence-electron chi connectivity index (χ1n) is 7.52. The van der Waals surface area contributed by atoms with Crippen LogP contribution >= 0.6 is 11.8 Å². The van der Waals surface area contributed by atoms with Gasteiger partial charge in [-0.2, -0.15) is 11.8 Å². The molecule has 1 atom stereocenters. The highest BCUT2D eigenvalue weighted by molar-refractivity contribution is 7.99. The number of carbonyl (C=O) groups is 1. The lowest BCUT2D eigenvalue weighted by molar-refractivity contribution is -0.134. The zero-order valence-electron chi connectivity index (χ0n) is 12.2. The van der Waals surface area contributed by atoms with Gasteiger partial charge >= 0.3 is 0 Å². The lowest BCUT2D eigenvalue weighted by Crippen LogP contribution is -2.55. The molecule has 2 aliphatic heterocycles. The molecule has 0 unspecified atom stereocenters. The second-order valence-corrected chi connectivity index (χ2v) is 7.08. The predicted octanol–water partition coefficient (Wildman–Crippen LogP) is 0.928. The highest BCUT2D eigenvalue weighted by atomic mass is 32.2. The Labute approximate surface area is 121 Å². The van der Waals surface area contributed by atoms with Gasteiger partial charge in [-0.25, -0.2) is 0 Å². The molecule has 2 N–H and O–H groups in total. The fourth-order valence-corrected chi connectivity index (χ4v) is 3.67. The molecule has 2 rings (SSSR count). The van der Waals surface area contributed by atoms with Crippen LogP contribution in [0.25, 0.3) is 0 Å². The summed E-state index contributed by atoms with van der Waals surface area (Å²) in [4.78, 5) is 14.7. The first kappa shape index (κ1) is 15.1. The Bertz CT molecular complexity index is 286. The van der Waals surface area contributed by atoms with Crippen molar-refractivity contribution in [3.63, 3.8) is 0 Å². The number of rotatable bonds is 4. The number of nitrogens with zero attached hydrogens (tertiary/aromatic N) is 1. The first-order chi connectivity index (χ1) is 9.18. The van der Waals surface area contributed by atoms with Crippen LogP contribution < -0.4 is 10.6 Å². The second-order valence-electron chi connectivity index (χ2n) is 5.85. The first-order valence-corrected chi connectivity index (χ1v) is 8.67. The molecule has 110 valence electrons. The summed E-state index contributed by atoms with van der Waals surface area (Å²) in [5.74, 6) is 2.85. The number of carbonyl (C=O) groups excluding carboxylic acids is 1. The number of nitrogens with one attached hydrogen (secondary N) is 2. The van der Waals surface area contributed by atoms with Crippen molar-refractivity contribution < 1.29 is 4.79 Å². The van der Waals surface area contributed by atoms with Gasteiger partial charge in [-0.05, 0) is 31.8 Å². The van der Waals surface area contributed by atoms with Crippen LogP contribution in [0, 0.1) is 5.92 Å². The molecule has 0 aromatic heterocycles. The van der Waals surface area contributed by atoms with Crippen LogP contribution in [0.3, 0.4) is 0 Å². The van der Waals surface area contributed by atoms with E-state index in [0.29, 0.717) is 17.9 Å². The summed E-state index contributed by atoms with van der Waals surface area (Å²) in [6.07, 6.45) is 2.26. The predicted molar refractivity (Wildman–Crippen MR) is 81.6 cm³/mol. The molecule has 0 aromatic carbocycles. The van der Waals surface area contributed by atoms with Crippen LogP contribution in [0.15, 0.2) is 0 Å². The Morgan fingerprint density at radius 2 is 1.89 bits per heavy atom. The number of amides is 1. The average Bonchev–Trinajstić information content (AvgIpc) is 2.46. The minimum absolute atomic E-state index is 0.00815. The fraction of sp³-hybridized carbons (Fsp3) is 0.929. The van der Waals surface area contributed by atoms with Crippen molar-refractivity contribution >= 4 is 17.7 Å². The summed E-state index contributed by atoms with van der Waals surface area (Å²) in [6.45, 7) is 8.26. The van der Waals surface area contributed by atoms with E-state index >= 15 is 0 Å². The zero-order chi connectivity index (χ0) is 13.7. The second kappa shape index (κ2) is 7.50. The largest absolute Gasteiger partial charge is 0.340 e. The van der Waals surface area contributed by atoms with Gasteiger partial charge in [0.15, 0.2) is 0 Å². The molecule has 0 aromatic rings. The van der Waals surface area contributed by atoms with Gasteiger partial charge in [0, 0.05) is 30.6 Å². The van der Waals surface area contributed by atoms with E-state index < -0.39 is 0 Å². The van der Waals surface area contributed by atoms with Crippen LogP contribution in [-0.4, -0.2) is 60.6 Å². The Balaban J connectivity index is 1.91. The van der Waals surface area contributed by atoms with E-state index in [1.54, 1.807) is 0 Å². The SMILES string of the molecule is CC(C)[C@H](NC1CCNCC1)C(=O)N1CCSCC1. The third-order valence-electron chi connectivity index (χ3n) is 4.01. The van der Waals surface area contributed by atoms with Crippen LogP contribution in [0.1, 0.15) is 26.7 Å². The van der Waals surface area contributed by atoms with E-state index in [-0.39, 0.29) is 6.04 Å². The van der Waals surface area contributed by atoms with E-state index in [1.807, 2.05) is 11.8 Å². The van der Waals surface area contributed by atoms with E-state index in [0.717, 1.165) is 50.5 Å². The molecule has 2 saturated heterocycles. The Hall–Kier alpha value is -0.260. The molecular formula is C14H27N3OS. The number of piperidine rings is 1. The van der Waals surface area contributed by atoms with Crippen LogP contribution in [0.5, 0.6) is 0 Å². The lowest BCUT2D eigenvalue weighted by Gasteiger charge is -2.35. The van der Waals surface area contributed by atoms with E-state index in [2.05, 4.69) is 29.4 Å². The highest BCUT2D eigenvalue weighted by Crippen LogP contribution is 2.15. The molecule has 5 heteroatoms. The summed E-state index contributed by atoms with van der Waals surface area (Å²) in [5.41, 5.74) is 0. The van der Waals surface area contributed by atoms with Gasteiger partial charge in [0.05, 0.1) is 6.04 Å². The van der Waals surface area contributed by atoms with Crippen LogP contribution in [0.4, 0.5) is 0 Å². The Morgan fingerprint density at radius 3 is 2.47 bits per heavy atom. The third-order valence-corrected chi connectivity index (χ3v) is 4.95. The van der Waals surface area contributed by atoms with Gasteiger partial charge in [0.25, 0.3) is 0 Å². The number of hydrogen-bond acceptors (Lipinski definition) is 4. The maximum atomic E-state index is 12.7. The molecule has 0 spiro atoms. The molecule has 0 aliphatic carbocycles. The summed E-state index contributed by atoms with van der Waals surface area (Å²) < 4.78 is 0. The van der Waals surface area contributed by atoms with Gasteiger partial charge in [-0.3, -0.25) is 4.79 Å². The molecule has 4 nitrogen and oxygen atoms in total. The highest BCUT2D eigenvalue weighted by Gasteiger charge is 2.30. The quantitative estimate of drug-likeness (QED) is 0.806. The maximum absolute atomic E-state index is 12.7. The zero-order valence-corrected chi connectivity index (χ0v) is 13.0. The Kier molecular flexibility index (Phi) is 5.98. The maximum Gasteiger partial charge on any atom is 0.240 e. The molecule has 19 heavy (non-hydrogen) atoms. The van der Waals surface area contributed by atoms with E-state index in [4.69, 9.17) is 0 Å². The minimum atomic E-state index is -0.00815. The number of hydrogen-bond donors (Lipinski definition) is 2. The molecular weight excluding hydrogens is 258 g/mol. The molecule has 2 heterocycles. The van der Waals surface area contributed by atoms with Gasteiger partial charge < -0.3 is 15.5 Å². The van der Waals surface area contributed by atoms with Gasteiger partial charge in [0.2, 0.25) is 5.91 Å². The summed E-state index contributed by atoms with van der Waals surface area (Å²) in [7, 11) is 0. The average molecular weight is 285 g/mol.